The summed E-state index contributed by atoms with van der Waals surface area (Å²) in [5, 5.41) is 12.0. The van der Waals surface area contributed by atoms with Crippen LogP contribution in [-0.4, -0.2) is 18.8 Å². The molecule has 0 aliphatic carbocycles. The average molecular weight is 236 g/mol. The minimum absolute atomic E-state index is 0.0336. The zero-order valence-corrected chi connectivity index (χ0v) is 10.5. The molecule has 0 bridgehead atoms. The van der Waals surface area contributed by atoms with Crippen molar-refractivity contribution in [3.63, 3.8) is 0 Å². The van der Waals surface area contributed by atoms with Gasteiger partial charge in [0, 0.05) is 7.11 Å². The van der Waals surface area contributed by atoms with Gasteiger partial charge in [-0.05, 0) is 32.9 Å². The van der Waals surface area contributed by atoms with Gasteiger partial charge < -0.3 is 10.1 Å². The van der Waals surface area contributed by atoms with Crippen molar-refractivity contribution in [2.24, 2.45) is 0 Å². The van der Waals surface area contributed by atoms with Gasteiger partial charge in [-0.2, -0.15) is 5.26 Å². The third-order valence-electron chi connectivity index (χ3n) is 3.07. The molecule has 0 spiro atoms. The smallest absolute Gasteiger partial charge is 0.143 e. The van der Waals surface area contributed by atoms with E-state index < -0.39 is 11.4 Å². The van der Waals surface area contributed by atoms with Gasteiger partial charge >= 0.3 is 0 Å². The molecule has 1 aromatic carbocycles. The number of nitrogens with zero attached hydrogens (tertiary/aromatic N) is 1. The summed E-state index contributed by atoms with van der Waals surface area (Å²) in [6, 6.07) is 6.34. The number of nitrogens with one attached hydrogen (secondary N) is 1. The Morgan fingerprint density at radius 1 is 1.47 bits per heavy atom. The number of ether oxygens (including phenoxy) is 1. The lowest BCUT2D eigenvalue weighted by atomic mass is 9.99. The van der Waals surface area contributed by atoms with E-state index in [0.29, 0.717) is 5.69 Å². The molecule has 0 saturated heterocycles. The SMILES string of the molecule is COC(C)(C)C(C)Nc1cccc(F)c1C#N. The maximum Gasteiger partial charge on any atom is 0.143 e. The highest BCUT2D eigenvalue weighted by Crippen LogP contribution is 2.22. The van der Waals surface area contributed by atoms with Gasteiger partial charge in [0.2, 0.25) is 0 Å². The van der Waals surface area contributed by atoms with E-state index in [1.807, 2.05) is 26.8 Å². The maximum atomic E-state index is 13.4. The summed E-state index contributed by atoms with van der Waals surface area (Å²) in [5.74, 6) is -0.514. The predicted molar refractivity (Wildman–Crippen MR) is 65.3 cm³/mol. The molecule has 0 heterocycles. The number of hydrogen-bond acceptors (Lipinski definition) is 3. The Bertz CT molecular complexity index is 438. The van der Waals surface area contributed by atoms with E-state index in [1.165, 1.54) is 6.07 Å². The fourth-order valence-corrected chi connectivity index (χ4v) is 1.34. The van der Waals surface area contributed by atoms with Crippen molar-refractivity contribution in [2.45, 2.75) is 32.4 Å². The quantitative estimate of drug-likeness (QED) is 0.874. The number of halogens is 1. The monoisotopic (exact) mass is 236 g/mol. The molecule has 1 atom stereocenters. The van der Waals surface area contributed by atoms with E-state index >= 15 is 0 Å². The van der Waals surface area contributed by atoms with Crippen molar-refractivity contribution in [2.75, 3.05) is 12.4 Å². The first-order valence-electron chi connectivity index (χ1n) is 5.42. The molecule has 0 radical (unpaired) electrons. The Morgan fingerprint density at radius 3 is 2.65 bits per heavy atom. The van der Waals surface area contributed by atoms with Crippen LogP contribution in [0.3, 0.4) is 0 Å². The van der Waals surface area contributed by atoms with Crippen LogP contribution in [0, 0.1) is 17.1 Å². The van der Waals surface area contributed by atoms with E-state index in [9.17, 15) is 4.39 Å². The van der Waals surface area contributed by atoms with Crippen LogP contribution < -0.4 is 5.32 Å². The molecule has 4 heteroatoms. The molecule has 1 rings (SSSR count). The predicted octanol–water partition coefficient (Wildman–Crippen LogP) is 2.92. The summed E-state index contributed by atoms with van der Waals surface area (Å²) in [6.45, 7) is 5.78. The second kappa shape index (κ2) is 5.15. The average Bonchev–Trinajstić information content (AvgIpc) is 2.29. The third kappa shape index (κ3) is 2.95. The molecule has 0 saturated carbocycles. The van der Waals surface area contributed by atoms with Crippen molar-refractivity contribution < 1.29 is 9.13 Å². The first kappa shape index (κ1) is 13.5. The van der Waals surface area contributed by atoms with Crippen LogP contribution in [0.25, 0.3) is 0 Å². The van der Waals surface area contributed by atoms with E-state index in [0.717, 1.165) is 0 Å². The van der Waals surface area contributed by atoms with Crippen LogP contribution in [0.15, 0.2) is 18.2 Å². The largest absolute Gasteiger partial charge is 0.379 e. The van der Waals surface area contributed by atoms with Crippen LogP contribution in [0.2, 0.25) is 0 Å². The number of rotatable bonds is 4. The fraction of sp³-hybridized carbons (Fsp3) is 0.462. The second-order valence-corrected chi connectivity index (χ2v) is 4.45. The Morgan fingerprint density at radius 2 is 2.12 bits per heavy atom. The van der Waals surface area contributed by atoms with Crippen LogP contribution >= 0.6 is 0 Å². The minimum atomic E-state index is -0.514. The van der Waals surface area contributed by atoms with Crippen LogP contribution in [0.1, 0.15) is 26.3 Å². The molecule has 0 amide bonds. The van der Waals surface area contributed by atoms with Crippen LogP contribution in [0.5, 0.6) is 0 Å². The fourth-order valence-electron chi connectivity index (χ4n) is 1.34. The summed E-state index contributed by atoms with van der Waals surface area (Å²) in [6.07, 6.45) is 0. The summed E-state index contributed by atoms with van der Waals surface area (Å²) in [4.78, 5) is 0. The van der Waals surface area contributed by atoms with Gasteiger partial charge in [0.15, 0.2) is 0 Å². The number of benzene rings is 1. The van der Waals surface area contributed by atoms with Gasteiger partial charge in [-0.15, -0.1) is 0 Å². The summed E-state index contributed by atoms with van der Waals surface area (Å²) < 4.78 is 18.7. The highest BCUT2D eigenvalue weighted by molar-refractivity contribution is 5.58. The highest BCUT2D eigenvalue weighted by atomic mass is 19.1. The van der Waals surface area contributed by atoms with E-state index in [4.69, 9.17) is 10.00 Å². The molecule has 0 aliphatic rings. The molecular weight excluding hydrogens is 219 g/mol. The minimum Gasteiger partial charge on any atom is -0.379 e. The molecule has 0 aliphatic heterocycles. The first-order valence-corrected chi connectivity index (χ1v) is 5.42. The molecule has 17 heavy (non-hydrogen) atoms. The molecule has 1 unspecified atom stereocenters. The normalized spacial score (nSPS) is 12.9. The second-order valence-electron chi connectivity index (χ2n) is 4.45. The molecule has 1 aromatic rings. The van der Waals surface area contributed by atoms with Crippen molar-refractivity contribution in [3.05, 3.63) is 29.6 Å². The van der Waals surface area contributed by atoms with E-state index in [1.54, 1.807) is 19.2 Å². The highest BCUT2D eigenvalue weighted by Gasteiger charge is 2.26. The van der Waals surface area contributed by atoms with Crippen molar-refractivity contribution in [3.8, 4) is 6.07 Å². The molecule has 0 fully saturated rings. The Balaban J connectivity index is 2.97. The number of nitriles is 1. The zero-order chi connectivity index (χ0) is 13.1. The number of hydrogen-bond donors (Lipinski definition) is 1. The van der Waals surface area contributed by atoms with Crippen LogP contribution in [-0.2, 0) is 4.74 Å². The Labute approximate surface area is 101 Å². The lowest BCUT2D eigenvalue weighted by Gasteiger charge is -2.31. The standard InChI is InChI=1S/C13H17FN2O/c1-9(13(2,3)17-4)16-12-7-5-6-11(14)10(12)8-15/h5-7,9,16H,1-4H3. The van der Waals surface area contributed by atoms with Crippen molar-refractivity contribution in [1.82, 2.24) is 0 Å². The van der Waals surface area contributed by atoms with Crippen molar-refractivity contribution >= 4 is 5.69 Å². The lowest BCUT2D eigenvalue weighted by Crippen LogP contribution is -2.41. The summed E-state index contributed by atoms with van der Waals surface area (Å²) >= 11 is 0. The number of methoxy groups -OCH3 is 1. The van der Waals surface area contributed by atoms with Crippen molar-refractivity contribution in [1.29, 1.82) is 5.26 Å². The zero-order valence-electron chi connectivity index (χ0n) is 10.5. The van der Waals surface area contributed by atoms with Gasteiger partial charge in [0.25, 0.3) is 0 Å². The lowest BCUT2D eigenvalue weighted by molar-refractivity contribution is 0.0107. The molecule has 3 nitrogen and oxygen atoms in total. The van der Waals surface area contributed by atoms with E-state index in [-0.39, 0.29) is 11.6 Å². The topological polar surface area (TPSA) is 45.0 Å². The first-order chi connectivity index (χ1) is 7.92. The maximum absolute atomic E-state index is 13.4. The molecule has 92 valence electrons. The van der Waals surface area contributed by atoms with Gasteiger partial charge in [-0.1, -0.05) is 6.07 Å². The summed E-state index contributed by atoms with van der Waals surface area (Å²) in [5.41, 5.74) is 0.121. The number of anilines is 1. The molecule has 0 aromatic heterocycles. The Hall–Kier alpha value is -1.60. The molecule has 1 N–H and O–H groups in total. The summed E-state index contributed by atoms with van der Waals surface area (Å²) in [7, 11) is 1.62. The van der Waals surface area contributed by atoms with E-state index in [2.05, 4.69) is 5.32 Å². The van der Waals surface area contributed by atoms with Crippen LogP contribution in [0.4, 0.5) is 10.1 Å². The van der Waals surface area contributed by atoms with Gasteiger partial charge in [-0.25, -0.2) is 4.39 Å². The van der Waals surface area contributed by atoms with Gasteiger partial charge in [-0.3, -0.25) is 0 Å². The van der Waals surface area contributed by atoms with Gasteiger partial charge in [0.05, 0.1) is 17.3 Å². The van der Waals surface area contributed by atoms with Gasteiger partial charge in [0.1, 0.15) is 17.4 Å². The Kier molecular flexibility index (Phi) is 4.08. The molecular formula is C13H17FN2O. The third-order valence-corrected chi connectivity index (χ3v) is 3.07.